The third kappa shape index (κ3) is 3.49. The van der Waals surface area contributed by atoms with Crippen LogP contribution in [0.5, 0.6) is 0 Å². The summed E-state index contributed by atoms with van der Waals surface area (Å²) in [4.78, 5) is 0. The number of benzene rings is 1. The van der Waals surface area contributed by atoms with E-state index in [0.717, 1.165) is 24.1 Å². The Morgan fingerprint density at radius 2 is 1.96 bits per heavy atom. The zero-order valence-electron chi connectivity index (χ0n) is 14.9. The Labute approximate surface area is 153 Å². The molecule has 2 aliphatic carbocycles. The Kier molecular flexibility index (Phi) is 4.73. The molecule has 1 unspecified atom stereocenters. The van der Waals surface area contributed by atoms with Gasteiger partial charge in [-0.2, -0.15) is 5.26 Å². The van der Waals surface area contributed by atoms with Crippen LogP contribution in [0.4, 0.5) is 4.39 Å². The first-order valence-corrected chi connectivity index (χ1v) is 9.52. The van der Waals surface area contributed by atoms with Crippen LogP contribution in [0, 0.1) is 23.1 Å². The first-order valence-electron chi connectivity index (χ1n) is 9.52. The highest BCUT2D eigenvalue weighted by atomic mass is 19.1. The maximum atomic E-state index is 13.1. The zero-order chi connectivity index (χ0) is 18.0. The van der Waals surface area contributed by atoms with Crippen LogP contribution in [0.25, 0.3) is 0 Å². The van der Waals surface area contributed by atoms with Crippen LogP contribution in [-0.4, -0.2) is 15.0 Å². The molecule has 6 heteroatoms. The molecule has 26 heavy (non-hydrogen) atoms. The molecule has 0 spiro atoms. The molecule has 2 saturated carbocycles. The third-order valence-electron chi connectivity index (χ3n) is 5.76. The summed E-state index contributed by atoms with van der Waals surface area (Å²) in [6.07, 6.45) is 9.80. The maximum absolute atomic E-state index is 13.1. The van der Waals surface area contributed by atoms with Crippen LogP contribution in [0.15, 0.2) is 30.5 Å². The molecule has 2 aliphatic rings. The van der Waals surface area contributed by atoms with Gasteiger partial charge in [0.2, 0.25) is 0 Å². The van der Waals surface area contributed by atoms with Gasteiger partial charge in [-0.1, -0.05) is 36.6 Å². The summed E-state index contributed by atoms with van der Waals surface area (Å²) < 4.78 is 14.9. The van der Waals surface area contributed by atoms with Crippen LogP contribution in [0.1, 0.15) is 62.2 Å². The second kappa shape index (κ2) is 7.16. The molecule has 2 fully saturated rings. The van der Waals surface area contributed by atoms with Crippen molar-refractivity contribution in [2.45, 2.75) is 63.1 Å². The van der Waals surface area contributed by atoms with E-state index in [9.17, 15) is 9.65 Å². The maximum Gasteiger partial charge on any atom is 0.150 e. The van der Waals surface area contributed by atoms with Crippen molar-refractivity contribution >= 4 is 0 Å². The van der Waals surface area contributed by atoms with Gasteiger partial charge in [0, 0.05) is 6.54 Å². The van der Waals surface area contributed by atoms with Crippen LogP contribution < -0.4 is 5.32 Å². The molecule has 1 aromatic carbocycles. The molecule has 136 valence electrons. The Bertz CT molecular complexity index is 781. The van der Waals surface area contributed by atoms with E-state index in [0.29, 0.717) is 12.5 Å². The molecule has 5 nitrogen and oxygen atoms in total. The molecule has 0 saturated heterocycles. The number of hydrogen-bond donors (Lipinski definition) is 1. The lowest BCUT2D eigenvalue weighted by Crippen LogP contribution is -2.30. The van der Waals surface area contributed by atoms with Crippen LogP contribution in [-0.2, 0) is 12.1 Å². The zero-order valence-corrected chi connectivity index (χ0v) is 14.9. The fraction of sp³-hybridized carbons (Fsp3) is 0.550. The van der Waals surface area contributed by atoms with E-state index >= 15 is 0 Å². The van der Waals surface area contributed by atoms with Crippen molar-refractivity contribution in [2.75, 3.05) is 0 Å². The third-order valence-corrected chi connectivity index (χ3v) is 5.76. The Morgan fingerprint density at radius 3 is 2.62 bits per heavy atom. The van der Waals surface area contributed by atoms with Gasteiger partial charge in [-0.25, -0.2) is 9.07 Å². The number of nitrogens with zero attached hydrogens (tertiary/aromatic N) is 4. The molecule has 0 amide bonds. The van der Waals surface area contributed by atoms with Crippen molar-refractivity contribution in [2.24, 2.45) is 5.92 Å². The van der Waals surface area contributed by atoms with Crippen molar-refractivity contribution in [1.82, 2.24) is 20.3 Å². The largest absolute Gasteiger partial charge is 0.304 e. The van der Waals surface area contributed by atoms with Crippen LogP contribution in [0.2, 0.25) is 0 Å². The van der Waals surface area contributed by atoms with E-state index in [1.54, 1.807) is 4.68 Å². The quantitative estimate of drug-likeness (QED) is 0.857. The van der Waals surface area contributed by atoms with Crippen molar-refractivity contribution in [3.63, 3.8) is 0 Å². The van der Waals surface area contributed by atoms with E-state index < -0.39 is 5.54 Å². The Balaban J connectivity index is 1.52. The highest BCUT2D eigenvalue weighted by molar-refractivity contribution is 5.18. The second-order valence-corrected chi connectivity index (χ2v) is 7.61. The molecule has 2 aromatic rings. The van der Waals surface area contributed by atoms with Gasteiger partial charge in [0.05, 0.1) is 24.0 Å². The van der Waals surface area contributed by atoms with Crippen molar-refractivity contribution in [3.8, 4) is 6.07 Å². The smallest absolute Gasteiger partial charge is 0.150 e. The first kappa shape index (κ1) is 17.2. The summed E-state index contributed by atoms with van der Waals surface area (Å²) in [5.41, 5.74) is 1.50. The highest BCUT2D eigenvalue weighted by Gasteiger charge is 2.47. The van der Waals surface area contributed by atoms with Crippen molar-refractivity contribution < 1.29 is 4.39 Å². The average molecular weight is 353 g/mol. The normalized spacial score (nSPS) is 20.5. The van der Waals surface area contributed by atoms with Crippen LogP contribution >= 0.6 is 0 Å². The fourth-order valence-electron chi connectivity index (χ4n) is 3.95. The SMILES string of the molecule is N#CC1(n2cc(C(NCc3ccc(F)cc3)C3CCCCC3)nn2)CC1. The molecule has 0 bridgehead atoms. The lowest BCUT2D eigenvalue weighted by Gasteiger charge is -2.30. The predicted octanol–water partition coefficient (Wildman–Crippen LogP) is 3.84. The number of halogens is 1. The minimum Gasteiger partial charge on any atom is -0.304 e. The van der Waals surface area contributed by atoms with Crippen molar-refractivity contribution in [3.05, 3.63) is 47.5 Å². The lowest BCUT2D eigenvalue weighted by molar-refractivity contribution is 0.266. The van der Waals surface area contributed by atoms with E-state index in [1.165, 1.54) is 44.2 Å². The van der Waals surface area contributed by atoms with E-state index in [2.05, 4.69) is 21.7 Å². The summed E-state index contributed by atoms with van der Waals surface area (Å²) in [6, 6.07) is 9.09. The fourth-order valence-corrected chi connectivity index (χ4v) is 3.95. The first-order chi connectivity index (χ1) is 12.7. The average Bonchev–Trinajstić information content (AvgIpc) is 3.34. The standard InChI is InChI=1S/C20H24FN5/c21-17-8-6-15(7-9-17)12-23-19(16-4-2-1-3-5-16)18-13-26(25-24-18)20(14-22)10-11-20/h6-9,13,16,19,23H,1-5,10-12H2. The van der Waals surface area contributed by atoms with Crippen molar-refractivity contribution in [1.29, 1.82) is 5.26 Å². The molecule has 1 heterocycles. The summed E-state index contributed by atoms with van der Waals surface area (Å²) in [6.45, 7) is 0.664. The molecule has 0 radical (unpaired) electrons. The molecule has 1 N–H and O–H groups in total. The Hall–Kier alpha value is -2.26. The van der Waals surface area contributed by atoms with E-state index in [1.807, 2.05) is 18.3 Å². The van der Waals surface area contributed by atoms with E-state index in [4.69, 9.17) is 0 Å². The lowest BCUT2D eigenvalue weighted by atomic mass is 9.82. The van der Waals surface area contributed by atoms with Gasteiger partial charge in [0.15, 0.2) is 5.54 Å². The monoisotopic (exact) mass is 353 g/mol. The van der Waals surface area contributed by atoms with Gasteiger partial charge >= 0.3 is 0 Å². The van der Waals surface area contributed by atoms with Crippen LogP contribution in [0.3, 0.4) is 0 Å². The van der Waals surface area contributed by atoms with E-state index in [-0.39, 0.29) is 11.9 Å². The predicted molar refractivity (Wildman–Crippen MR) is 95.4 cm³/mol. The molecule has 1 atom stereocenters. The van der Waals surface area contributed by atoms with Gasteiger partial charge < -0.3 is 5.32 Å². The van der Waals surface area contributed by atoms with Gasteiger partial charge in [-0.3, -0.25) is 0 Å². The summed E-state index contributed by atoms with van der Waals surface area (Å²) in [7, 11) is 0. The molecular weight excluding hydrogens is 329 g/mol. The second-order valence-electron chi connectivity index (χ2n) is 7.61. The topological polar surface area (TPSA) is 66.5 Å². The minimum atomic E-state index is -0.473. The summed E-state index contributed by atoms with van der Waals surface area (Å²) >= 11 is 0. The van der Waals surface area contributed by atoms with Gasteiger partial charge in [0.1, 0.15) is 5.82 Å². The molecular formula is C20H24FN5. The summed E-state index contributed by atoms with van der Waals surface area (Å²) in [5, 5.41) is 21.7. The highest BCUT2D eigenvalue weighted by Crippen LogP contribution is 2.42. The molecule has 4 rings (SSSR count). The van der Waals surface area contributed by atoms with Gasteiger partial charge in [-0.05, 0) is 49.3 Å². The van der Waals surface area contributed by atoms with Gasteiger partial charge in [-0.15, -0.1) is 5.10 Å². The van der Waals surface area contributed by atoms with Gasteiger partial charge in [0.25, 0.3) is 0 Å². The summed E-state index contributed by atoms with van der Waals surface area (Å²) in [5.74, 6) is 0.304. The Morgan fingerprint density at radius 1 is 1.23 bits per heavy atom. The minimum absolute atomic E-state index is 0.114. The molecule has 1 aromatic heterocycles. The number of hydrogen-bond acceptors (Lipinski definition) is 4. The molecule has 0 aliphatic heterocycles. The number of aromatic nitrogens is 3. The number of rotatable bonds is 6. The number of nitrogens with one attached hydrogen (secondary N) is 1. The number of nitriles is 1.